The zero-order chi connectivity index (χ0) is 48.1. The molecule has 5 amide bonds. The van der Waals surface area contributed by atoms with Crippen LogP contribution in [0, 0.1) is 0 Å². The molecule has 0 saturated carbocycles. The maximum atomic E-state index is 13.7. The third-order valence-electron chi connectivity index (χ3n) is 12.0. The monoisotopic (exact) mass is 969 g/mol. The van der Waals surface area contributed by atoms with Gasteiger partial charge in [0.05, 0.1) is 27.0 Å². The number of nitrogens with one attached hydrogen (secondary N) is 5. The maximum absolute atomic E-state index is 13.7. The van der Waals surface area contributed by atoms with Crippen LogP contribution in [0.15, 0.2) is 116 Å². The smallest absolute Gasteiger partial charge is 0.272 e. The standard InChI is InChI=1S/C51H53Cl2N11O5/c52-40-31-41(53)39(30-38(40)42-13-8-10-22-54-42)49(67)59-46-32-44(61-64(46)37-11-5-4-6-12-37)50(68)57-33-34-21-24-56-45(29-34)55-23-9-3-1-2-7-14-48(66)63-27-25-62(26-28-63)36-17-15-35(16-18-36)58-43-19-20-47(65)60-51(43)69/h4-6,8,10-13,15-18,21-22,24,29-32,43,58H,1-3,7,9,14,19-20,23,25-28,33H2,(H,55,56)(H,57,68)(H,59,67)(H,60,65,69). The van der Waals surface area contributed by atoms with Crippen molar-refractivity contribution < 1.29 is 24.0 Å². The molecule has 5 heterocycles. The van der Waals surface area contributed by atoms with Crippen molar-refractivity contribution in [3.63, 3.8) is 0 Å². The Kier molecular flexibility index (Phi) is 16.2. The number of rotatable bonds is 19. The summed E-state index contributed by atoms with van der Waals surface area (Å²) in [5.41, 5.74) is 4.79. The van der Waals surface area contributed by atoms with Gasteiger partial charge in [0.25, 0.3) is 11.8 Å². The van der Waals surface area contributed by atoms with Crippen molar-refractivity contribution in [2.45, 2.75) is 64.0 Å². The van der Waals surface area contributed by atoms with Gasteiger partial charge in [-0.05, 0) is 97.6 Å². The molecule has 2 aliphatic heterocycles. The number of hydrogen-bond acceptors (Lipinski definition) is 11. The molecule has 3 aromatic carbocycles. The van der Waals surface area contributed by atoms with Gasteiger partial charge in [0, 0.05) is 87.5 Å². The first-order valence-electron chi connectivity index (χ1n) is 23.2. The number of benzene rings is 3. The fourth-order valence-electron chi connectivity index (χ4n) is 8.25. The lowest BCUT2D eigenvalue weighted by molar-refractivity contribution is -0.134. The molecule has 2 saturated heterocycles. The fraction of sp³-hybridized carbons (Fsp3) is 0.294. The van der Waals surface area contributed by atoms with Crippen molar-refractivity contribution in [2.75, 3.05) is 53.6 Å². The third kappa shape index (κ3) is 12.8. The molecule has 1 atom stereocenters. The van der Waals surface area contributed by atoms with Crippen LogP contribution in [0.2, 0.25) is 10.0 Å². The predicted molar refractivity (Wildman–Crippen MR) is 268 cm³/mol. The number of imide groups is 1. The van der Waals surface area contributed by atoms with Crippen LogP contribution in [0.25, 0.3) is 16.9 Å². The van der Waals surface area contributed by atoms with Gasteiger partial charge in [-0.15, -0.1) is 0 Å². The number of halogens is 2. The highest BCUT2D eigenvalue weighted by atomic mass is 35.5. The molecule has 69 heavy (non-hydrogen) atoms. The van der Waals surface area contributed by atoms with Crippen molar-refractivity contribution in [1.82, 2.24) is 35.3 Å². The summed E-state index contributed by atoms with van der Waals surface area (Å²) in [5.74, 6) is -0.302. The molecule has 16 nitrogen and oxygen atoms in total. The first-order valence-corrected chi connectivity index (χ1v) is 23.9. The van der Waals surface area contributed by atoms with E-state index < -0.39 is 17.9 Å². The molecule has 0 aliphatic carbocycles. The van der Waals surface area contributed by atoms with E-state index in [1.54, 1.807) is 30.6 Å². The molecule has 18 heteroatoms. The first-order chi connectivity index (χ1) is 33.6. The predicted octanol–water partition coefficient (Wildman–Crippen LogP) is 8.14. The minimum atomic E-state index is -0.519. The van der Waals surface area contributed by atoms with E-state index >= 15 is 0 Å². The minimum absolute atomic E-state index is 0.101. The average Bonchev–Trinajstić information content (AvgIpc) is 3.79. The van der Waals surface area contributed by atoms with E-state index in [0.29, 0.717) is 60.1 Å². The van der Waals surface area contributed by atoms with Gasteiger partial charge in [0.1, 0.15) is 17.7 Å². The van der Waals surface area contributed by atoms with Crippen LogP contribution < -0.4 is 31.5 Å². The molecule has 0 spiro atoms. The number of nitrogens with zero attached hydrogens (tertiary/aromatic N) is 6. The average molecular weight is 971 g/mol. The lowest BCUT2D eigenvalue weighted by Crippen LogP contribution is -2.48. The van der Waals surface area contributed by atoms with Crippen molar-refractivity contribution >= 4 is 75.7 Å². The number of carbonyl (C=O) groups excluding carboxylic acids is 5. The molecule has 356 valence electrons. The van der Waals surface area contributed by atoms with Crippen LogP contribution in [0.1, 0.15) is 77.8 Å². The van der Waals surface area contributed by atoms with E-state index in [1.165, 1.54) is 16.8 Å². The summed E-state index contributed by atoms with van der Waals surface area (Å²) in [6.45, 7) is 3.85. The molecular weight excluding hydrogens is 918 g/mol. The summed E-state index contributed by atoms with van der Waals surface area (Å²) >= 11 is 13.0. The number of para-hydroxylation sites is 1. The van der Waals surface area contributed by atoms with Gasteiger partial charge >= 0.3 is 0 Å². The third-order valence-corrected chi connectivity index (χ3v) is 12.6. The Morgan fingerprint density at radius 2 is 1.51 bits per heavy atom. The second kappa shape index (κ2) is 23.1. The number of pyridine rings is 2. The first kappa shape index (κ1) is 48.2. The number of hydrogen-bond donors (Lipinski definition) is 5. The number of carbonyl (C=O) groups is 5. The van der Waals surface area contributed by atoms with Crippen LogP contribution in [0.5, 0.6) is 0 Å². The van der Waals surface area contributed by atoms with Gasteiger partial charge < -0.3 is 31.1 Å². The Hall–Kier alpha value is -7.30. The summed E-state index contributed by atoms with van der Waals surface area (Å²) in [6, 6.07) is 30.4. The molecule has 3 aromatic heterocycles. The summed E-state index contributed by atoms with van der Waals surface area (Å²) in [7, 11) is 0. The number of unbranched alkanes of at least 4 members (excludes halogenated alkanes) is 4. The molecule has 8 rings (SSSR count). The van der Waals surface area contributed by atoms with E-state index in [9.17, 15) is 24.0 Å². The quantitative estimate of drug-likeness (QED) is 0.0389. The van der Waals surface area contributed by atoms with E-state index in [-0.39, 0.29) is 46.4 Å². The number of piperazine rings is 1. The van der Waals surface area contributed by atoms with E-state index in [0.717, 1.165) is 68.7 Å². The number of anilines is 4. The second-order valence-electron chi connectivity index (χ2n) is 16.9. The Balaban J connectivity index is 0.738. The minimum Gasteiger partial charge on any atom is -0.374 e. The van der Waals surface area contributed by atoms with Gasteiger partial charge in [-0.25, -0.2) is 9.67 Å². The molecule has 2 fully saturated rings. The van der Waals surface area contributed by atoms with E-state index in [2.05, 4.69) is 46.6 Å². The zero-order valence-electron chi connectivity index (χ0n) is 37.9. The second-order valence-corrected chi connectivity index (χ2v) is 17.7. The molecule has 0 radical (unpaired) electrons. The highest BCUT2D eigenvalue weighted by Gasteiger charge is 2.27. The Morgan fingerprint density at radius 1 is 0.739 bits per heavy atom. The number of amides is 5. The van der Waals surface area contributed by atoms with Crippen LogP contribution >= 0.6 is 23.2 Å². The fourth-order valence-corrected chi connectivity index (χ4v) is 8.81. The summed E-state index contributed by atoms with van der Waals surface area (Å²) in [5, 5.41) is 19.8. The van der Waals surface area contributed by atoms with Crippen LogP contribution in [-0.4, -0.2) is 92.9 Å². The summed E-state index contributed by atoms with van der Waals surface area (Å²) < 4.78 is 1.49. The van der Waals surface area contributed by atoms with E-state index in [4.69, 9.17) is 23.2 Å². The highest BCUT2D eigenvalue weighted by Crippen LogP contribution is 2.33. The van der Waals surface area contributed by atoms with Crippen molar-refractivity contribution in [2.24, 2.45) is 0 Å². The number of aromatic nitrogens is 4. The summed E-state index contributed by atoms with van der Waals surface area (Å²) in [6.07, 6.45) is 9.54. The molecule has 2 aliphatic rings. The molecular formula is C51H53Cl2N11O5. The molecule has 0 bridgehead atoms. The normalized spacial score (nSPS) is 14.8. The van der Waals surface area contributed by atoms with Gasteiger partial charge in [-0.1, -0.05) is 66.7 Å². The van der Waals surface area contributed by atoms with E-state index in [1.807, 2.05) is 77.7 Å². The van der Waals surface area contributed by atoms with Gasteiger partial charge in [-0.2, -0.15) is 5.10 Å². The lowest BCUT2D eigenvalue weighted by atomic mass is 10.1. The Bertz CT molecular complexity index is 2770. The number of piperidine rings is 1. The maximum Gasteiger partial charge on any atom is 0.272 e. The SMILES string of the molecule is O=C1CCC(Nc2ccc(N3CCN(C(=O)CCCCCCCNc4cc(CNC(=O)c5cc(NC(=O)c6cc(-c7ccccn7)c(Cl)cc6Cl)n(-c6ccccc6)n5)ccn4)CC3)cc2)C(=O)N1. The van der Waals surface area contributed by atoms with Gasteiger partial charge in [-0.3, -0.25) is 34.3 Å². The lowest BCUT2D eigenvalue weighted by Gasteiger charge is -2.36. The topological polar surface area (TPSA) is 196 Å². The van der Waals surface area contributed by atoms with Gasteiger partial charge in [0.15, 0.2) is 5.69 Å². The van der Waals surface area contributed by atoms with Crippen molar-refractivity contribution in [3.05, 3.63) is 142 Å². The van der Waals surface area contributed by atoms with Crippen LogP contribution in [0.4, 0.5) is 23.0 Å². The Morgan fingerprint density at radius 3 is 2.28 bits per heavy atom. The molecule has 6 aromatic rings. The largest absolute Gasteiger partial charge is 0.374 e. The summed E-state index contributed by atoms with van der Waals surface area (Å²) in [4.78, 5) is 76.8. The van der Waals surface area contributed by atoms with Gasteiger partial charge in [0.2, 0.25) is 17.7 Å². The molecule has 1 unspecified atom stereocenters. The Labute approximate surface area is 410 Å². The van der Waals surface area contributed by atoms with Crippen LogP contribution in [0.3, 0.4) is 0 Å². The van der Waals surface area contributed by atoms with Crippen molar-refractivity contribution in [3.8, 4) is 16.9 Å². The zero-order valence-corrected chi connectivity index (χ0v) is 39.4. The highest BCUT2D eigenvalue weighted by molar-refractivity contribution is 6.38. The molecule has 5 N–H and O–H groups in total. The van der Waals surface area contributed by atoms with Crippen molar-refractivity contribution in [1.29, 1.82) is 0 Å². The van der Waals surface area contributed by atoms with Crippen LogP contribution in [-0.2, 0) is 20.9 Å².